The molecule has 0 fully saturated rings. The van der Waals surface area contributed by atoms with Crippen LogP contribution in [0.2, 0.25) is 0 Å². The van der Waals surface area contributed by atoms with Gasteiger partial charge in [-0.2, -0.15) is 0 Å². The lowest BCUT2D eigenvalue weighted by atomic mass is 9.93. The molecule has 2 unspecified atom stereocenters. The van der Waals surface area contributed by atoms with Gasteiger partial charge in [0.05, 0.1) is 6.10 Å². The minimum absolute atomic E-state index is 0.316. The molecule has 0 saturated carbocycles. The summed E-state index contributed by atoms with van der Waals surface area (Å²) in [7, 11) is 0. The summed E-state index contributed by atoms with van der Waals surface area (Å²) in [5.74, 6) is 0.316. The van der Waals surface area contributed by atoms with Gasteiger partial charge in [-0.25, -0.2) is 0 Å². The maximum Gasteiger partial charge on any atom is 0.0829 e. The zero-order valence-electron chi connectivity index (χ0n) is 10.1. The van der Waals surface area contributed by atoms with Crippen LogP contribution in [0.4, 0.5) is 0 Å². The van der Waals surface area contributed by atoms with Crippen molar-refractivity contribution in [3.05, 3.63) is 33.6 Å². The van der Waals surface area contributed by atoms with Gasteiger partial charge in [0, 0.05) is 9.17 Å². The summed E-state index contributed by atoms with van der Waals surface area (Å²) in [5, 5.41) is 13.7. The van der Waals surface area contributed by atoms with Crippen molar-refractivity contribution < 1.29 is 5.11 Å². The van der Waals surface area contributed by atoms with E-state index >= 15 is 0 Å². The van der Waals surface area contributed by atoms with Gasteiger partial charge in [-0.1, -0.05) is 32.4 Å². The molecule has 1 aromatic heterocycles. The lowest BCUT2D eigenvalue weighted by Crippen LogP contribution is -2.08. The minimum atomic E-state index is -0.349. The van der Waals surface area contributed by atoms with Crippen LogP contribution in [-0.2, 0) is 0 Å². The molecule has 0 aliphatic rings. The second kappa shape index (κ2) is 5.51. The standard InChI is InChI=1S/C14H17BrOS/c1-3-5-9(2)13(16)11-8-17-14-10(11)6-4-7-12(14)15/h4,6-9,13,16H,3,5H2,1-2H3. The highest BCUT2D eigenvalue weighted by Crippen LogP contribution is 2.38. The van der Waals surface area contributed by atoms with Crippen molar-refractivity contribution in [1.29, 1.82) is 0 Å². The van der Waals surface area contributed by atoms with Gasteiger partial charge in [-0.05, 0) is 50.7 Å². The molecule has 0 saturated heterocycles. The first-order valence-electron chi connectivity index (χ1n) is 5.98. The average Bonchev–Trinajstić information content (AvgIpc) is 2.73. The van der Waals surface area contributed by atoms with Crippen molar-refractivity contribution in [3.8, 4) is 0 Å². The summed E-state index contributed by atoms with van der Waals surface area (Å²) >= 11 is 5.25. The Kier molecular flexibility index (Phi) is 4.23. The van der Waals surface area contributed by atoms with Gasteiger partial charge in [0.25, 0.3) is 0 Å². The third kappa shape index (κ3) is 2.56. The zero-order valence-corrected chi connectivity index (χ0v) is 12.5. The van der Waals surface area contributed by atoms with E-state index in [1.54, 1.807) is 11.3 Å². The average molecular weight is 313 g/mol. The van der Waals surface area contributed by atoms with Crippen LogP contribution in [0.25, 0.3) is 10.1 Å². The van der Waals surface area contributed by atoms with E-state index in [0.29, 0.717) is 5.92 Å². The number of thiophene rings is 1. The van der Waals surface area contributed by atoms with Gasteiger partial charge < -0.3 is 5.11 Å². The van der Waals surface area contributed by atoms with Crippen molar-refractivity contribution in [3.63, 3.8) is 0 Å². The van der Waals surface area contributed by atoms with Crippen LogP contribution in [0.15, 0.2) is 28.1 Å². The molecule has 92 valence electrons. The van der Waals surface area contributed by atoms with Gasteiger partial charge in [0.15, 0.2) is 0 Å². The molecule has 0 aliphatic heterocycles. The Morgan fingerprint density at radius 3 is 2.88 bits per heavy atom. The van der Waals surface area contributed by atoms with Crippen molar-refractivity contribution in [2.75, 3.05) is 0 Å². The Hall–Kier alpha value is -0.380. The van der Waals surface area contributed by atoms with E-state index in [0.717, 1.165) is 22.9 Å². The molecule has 3 heteroatoms. The molecule has 1 heterocycles. The molecular weight excluding hydrogens is 296 g/mol. The van der Waals surface area contributed by atoms with Crippen LogP contribution in [-0.4, -0.2) is 5.11 Å². The van der Waals surface area contributed by atoms with Crippen molar-refractivity contribution in [2.45, 2.75) is 32.8 Å². The van der Waals surface area contributed by atoms with E-state index in [9.17, 15) is 5.11 Å². The Bertz CT molecular complexity index is 506. The molecule has 0 spiro atoms. The van der Waals surface area contributed by atoms with E-state index in [1.165, 1.54) is 10.1 Å². The molecule has 2 atom stereocenters. The normalized spacial score (nSPS) is 15.1. The van der Waals surface area contributed by atoms with Crippen LogP contribution in [0, 0.1) is 5.92 Å². The monoisotopic (exact) mass is 312 g/mol. The number of rotatable bonds is 4. The van der Waals surface area contributed by atoms with Crippen LogP contribution >= 0.6 is 27.3 Å². The minimum Gasteiger partial charge on any atom is -0.388 e. The van der Waals surface area contributed by atoms with Gasteiger partial charge in [-0.15, -0.1) is 11.3 Å². The first-order chi connectivity index (χ1) is 8.15. The number of fused-ring (bicyclic) bond motifs is 1. The summed E-state index contributed by atoms with van der Waals surface area (Å²) in [6, 6.07) is 6.16. The maximum absolute atomic E-state index is 10.4. The Morgan fingerprint density at radius 2 is 2.18 bits per heavy atom. The molecule has 0 bridgehead atoms. The smallest absolute Gasteiger partial charge is 0.0829 e. The zero-order chi connectivity index (χ0) is 12.4. The van der Waals surface area contributed by atoms with Crippen molar-refractivity contribution >= 4 is 37.4 Å². The number of aliphatic hydroxyl groups excluding tert-OH is 1. The molecule has 2 rings (SSSR count). The van der Waals surface area contributed by atoms with Crippen LogP contribution in [0.1, 0.15) is 38.4 Å². The highest BCUT2D eigenvalue weighted by molar-refractivity contribution is 9.10. The van der Waals surface area contributed by atoms with Gasteiger partial charge in [0.1, 0.15) is 0 Å². The maximum atomic E-state index is 10.4. The van der Waals surface area contributed by atoms with Crippen LogP contribution < -0.4 is 0 Å². The molecule has 2 aromatic rings. The lowest BCUT2D eigenvalue weighted by molar-refractivity contribution is 0.114. The molecule has 1 aromatic carbocycles. The first-order valence-corrected chi connectivity index (χ1v) is 7.66. The van der Waals surface area contributed by atoms with E-state index in [1.807, 2.05) is 12.1 Å². The topological polar surface area (TPSA) is 20.2 Å². The van der Waals surface area contributed by atoms with E-state index in [2.05, 4.69) is 41.2 Å². The predicted molar refractivity (Wildman–Crippen MR) is 78.6 cm³/mol. The number of halogens is 1. The molecule has 0 radical (unpaired) electrons. The molecule has 0 amide bonds. The molecule has 0 aliphatic carbocycles. The number of hydrogen-bond donors (Lipinski definition) is 1. The third-order valence-corrected chi connectivity index (χ3v) is 5.15. The summed E-state index contributed by atoms with van der Waals surface area (Å²) in [5.41, 5.74) is 1.08. The fourth-order valence-electron chi connectivity index (χ4n) is 2.19. The number of benzene rings is 1. The highest BCUT2D eigenvalue weighted by Gasteiger charge is 2.19. The number of aliphatic hydroxyl groups is 1. The van der Waals surface area contributed by atoms with Crippen molar-refractivity contribution in [1.82, 2.24) is 0 Å². The fraction of sp³-hybridized carbons (Fsp3) is 0.429. The second-order valence-electron chi connectivity index (χ2n) is 4.52. The van der Waals surface area contributed by atoms with Gasteiger partial charge in [-0.3, -0.25) is 0 Å². The van der Waals surface area contributed by atoms with Gasteiger partial charge in [0.2, 0.25) is 0 Å². The van der Waals surface area contributed by atoms with E-state index in [-0.39, 0.29) is 6.10 Å². The first kappa shape index (κ1) is 13.1. The SMILES string of the molecule is CCCC(C)C(O)c1csc2c(Br)cccc12. The second-order valence-corrected chi connectivity index (χ2v) is 6.25. The largest absolute Gasteiger partial charge is 0.388 e. The quantitative estimate of drug-likeness (QED) is 0.829. The Balaban J connectivity index is 2.39. The molecule has 1 N–H and O–H groups in total. The fourth-order valence-corrected chi connectivity index (χ4v) is 3.84. The summed E-state index contributed by atoms with van der Waals surface area (Å²) in [6.07, 6.45) is 1.83. The Morgan fingerprint density at radius 1 is 1.41 bits per heavy atom. The van der Waals surface area contributed by atoms with Crippen LogP contribution in [0.5, 0.6) is 0 Å². The summed E-state index contributed by atoms with van der Waals surface area (Å²) in [6.45, 7) is 4.28. The molecule has 1 nitrogen and oxygen atoms in total. The lowest BCUT2D eigenvalue weighted by Gasteiger charge is -2.17. The molecule has 17 heavy (non-hydrogen) atoms. The van der Waals surface area contributed by atoms with Gasteiger partial charge >= 0.3 is 0 Å². The van der Waals surface area contributed by atoms with E-state index < -0.39 is 0 Å². The van der Waals surface area contributed by atoms with E-state index in [4.69, 9.17) is 0 Å². The number of hydrogen-bond acceptors (Lipinski definition) is 2. The summed E-state index contributed by atoms with van der Waals surface area (Å²) < 4.78 is 2.34. The third-order valence-electron chi connectivity index (χ3n) is 3.18. The Labute approximate surface area is 115 Å². The highest BCUT2D eigenvalue weighted by atomic mass is 79.9. The predicted octanol–water partition coefficient (Wildman–Crippen LogP) is 5.13. The van der Waals surface area contributed by atoms with Crippen LogP contribution in [0.3, 0.4) is 0 Å². The van der Waals surface area contributed by atoms with Crippen molar-refractivity contribution in [2.24, 2.45) is 5.92 Å². The molecular formula is C14H17BrOS. The summed E-state index contributed by atoms with van der Waals surface area (Å²) in [4.78, 5) is 0.